The average molecular weight is 445 g/mol. The molecular formula is C22H19F4N5O. The number of aromatic nitrogens is 2. The molecule has 0 unspecified atom stereocenters. The van der Waals surface area contributed by atoms with E-state index in [1.165, 1.54) is 29.3 Å². The van der Waals surface area contributed by atoms with Gasteiger partial charge < -0.3 is 10.6 Å². The molecule has 2 N–H and O–H groups in total. The van der Waals surface area contributed by atoms with Crippen molar-refractivity contribution in [3.8, 4) is 11.3 Å². The quantitative estimate of drug-likeness (QED) is 0.508. The third-order valence-corrected chi connectivity index (χ3v) is 5.00. The second-order valence-electron chi connectivity index (χ2n) is 7.22. The lowest BCUT2D eigenvalue weighted by atomic mass is 10.1. The first-order chi connectivity index (χ1) is 15.3. The van der Waals surface area contributed by atoms with Gasteiger partial charge in [0.1, 0.15) is 0 Å². The third-order valence-electron chi connectivity index (χ3n) is 5.00. The molecule has 0 radical (unpaired) electrons. The molecule has 0 atom stereocenters. The Balaban J connectivity index is 1.71. The van der Waals surface area contributed by atoms with Gasteiger partial charge in [0.25, 0.3) is 0 Å². The van der Waals surface area contributed by atoms with Crippen LogP contribution in [0, 0.1) is 5.82 Å². The number of urea groups is 1. The largest absolute Gasteiger partial charge is 0.416 e. The van der Waals surface area contributed by atoms with E-state index >= 15 is 0 Å². The molecule has 0 spiro atoms. The van der Waals surface area contributed by atoms with Gasteiger partial charge in [0.15, 0.2) is 11.6 Å². The highest BCUT2D eigenvalue weighted by atomic mass is 19.4. The number of rotatable bonds is 2. The molecule has 3 heterocycles. The lowest BCUT2D eigenvalue weighted by Crippen LogP contribution is -2.38. The number of nitrogens with one attached hydrogen (secondary N) is 2. The molecule has 0 saturated carbocycles. The Hall–Kier alpha value is -3.69. The number of carbonyl (C=O) groups excluding carboxylic acids is 1. The summed E-state index contributed by atoms with van der Waals surface area (Å²) in [5.41, 5.74) is 0.293. The number of fused-ring (bicyclic) bond motifs is 1. The zero-order valence-corrected chi connectivity index (χ0v) is 16.8. The highest BCUT2D eigenvalue weighted by molar-refractivity contribution is 6.03. The zero-order chi connectivity index (χ0) is 22.7. The molecule has 1 aliphatic rings. The molecule has 32 heavy (non-hydrogen) atoms. The maximum absolute atomic E-state index is 14.0. The van der Waals surface area contributed by atoms with Gasteiger partial charge in [0.2, 0.25) is 0 Å². The second-order valence-corrected chi connectivity index (χ2v) is 7.22. The molecule has 1 aliphatic heterocycles. The Kier molecular flexibility index (Phi) is 5.93. The van der Waals surface area contributed by atoms with E-state index in [-0.39, 0.29) is 22.8 Å². The maximum Gasteiger partial charge on any atom is 0.416 e. The molecule has 166 valence electrons. The average Bonchev–Trinajstić information content (AvgIpc) is 2.75. The smallest absolute Gasteiger partial charge is 0.382 e. The summed E-state index contributed by atoms with van der Waals surface area (Å²) in [5.74, 6) is -0.427. The van der Waals surface area contributed by atoms with Gasteiger partial charge >= 0.3 is 12.2 Å². The van der Waals surface area contributed by atoms with Crippen molar-refractivity contribution >= 4 is 23.2 Å². The lowest BCUT2D eigenvalue weighted by Gasteiger charge is -2.27. The molecule has 4 rings (SSSR count). The van der Waals surface area contributed by atoms with Crippen LogP contribution in [0.2, 0.25) is 0 Å². The highest BCUT2D eigenvalue weighted by Gasteiger charge is 2.31. The zero-order valence-electron chi connectivity index (χ0n) is 16.8. The number of benzene rings is 1. The van der Waals surface area contributed by atoms with Crippen LogP contribution in [0.25, 0.3) is 11.3 Å². The summed E-state index contributed by atoms with van der Waals surface area (Å²) in [4.78, 5) is 22.5. The number of alkyl halides is 3. The van der Waals surface area contributed by atoms with E-state index in [0.29, 0.717) is 25.2 Å². The van der Waals surface area contributed by atoms with Crippen LogP contribution in [0.3, 0.4) is 0 Å². The van der Waals surface area contributed by atoms with Gasteiger partial charge in [-0.05, 0) is 43.2 Å². The molecule has 1 aromatic carbocycles. The van der Waals surface area contributed by atoms with Gasteiger partial charge in [-0.25, -0.2) is 14.2 Å². The summed E-state index contributed by atoms with van der Waals surface area (Å²) in [6.07, 6.45) is -0.688. The van der Waals surface area contributed by atoms with Gasteiger partial charge in [-0.2, -0.15) is 13.2 Å². The molecule has 6 nitrogen and oxygen atoms in total. The van der Waals surface area contributed by atoms with Crippen LogP contribution < -0.4 is 15.5 Å². The summed E-state index contributed by atoms with van der Waals surface area (Å²) in [7, 11) is 0. The van der Waals surface area contributed by atoms with E-state index in [9.17, 15) is 22.4 Å². The fourth-order valence-corrected chi connectivity index (χ4v) is 3.39. The normalized spacial score (nSPS) is 14.1. The van der Waals surface area contributed by atoms with Gasteiger partial charge in [0.05, 0.1) is 28.8 Å². The topological polar surface area (TPSA) is 70.2 Å². The minimum atomic E-state index is -4.48. The molecule has 0 aliphatic carbocycles. The molecular weight excluding hydrogens is 426 g/mol. The first-order valence-electron chi connectivity index (χ1n) is 9.93. The number of amides is 2. The number of anilines is 3. The number of hydrogen-bond donors (Lipinski definition) is 2. The van der Waals surface area contributed by atoms with Crippen molar-refractivity contribution in [2.75, 3.05) is 28.6 Å². The third kappa shape index (κ3) is 4.63. The minimum Gasteiger partial charge on any atom is -0.382 e. The number of pyridine rings is 2. The Labute approximate surface area is 181 Å². The standard InChI is InChI=1S/C22H19F4N5O/c23-16-13-27-10-8-18(16)30-21(32)31-11-2-1-9-28-19-7-6-17(29-20(19)31)14-4-3-5-15(12-14)22(24,25)26/h3-8,10,12-13,28H,1-2,9,11H2,(H,27,30,32). The van der Waals surface area contributed by atoms with Crippen LogP contribution in [0.15, 0.2) is 54.9 Å². The number of hydrogen-bond acceptors (Lipinski definition) is 4. The van der Waals surface area contributed by atoms with E-state index in [1.807, 2.05) is 0 Å². The number of nitrogens with zero attached hydrogens (tertiary/aromatic N) is 3. The Morgan fingerprint density at radius 2 is 1.97 bits per heavy atom. The van der Waals surface area contributed by atoms with Crippen molar-refractivity contribution in [3.63, 3.8) is 0 Å². The molecule has 3 aromatic rings. The molecule has 0 saturated heterocycles. The molecule has 0 fully saturated rings. The van der Waals surface area contributed by atoms with Crippen molar-refractivity contribution in [3.05, 3.63) is 66.2 Å². The first kappa shape index (κ1) is 21.5. The van der Waals surface area contributed by atoms with Crippen molar-refractivity contribution in [2.45, 2.75) is 19.0 Å². The van der Waals surface area contributed by atoms with Crippen molar-refractivity contribution < 1.29 is 22.4 Å². The van der Waals surface area contributed by atoms with Gasteiger partial charge in [-0.3, -0.25) is 9.88 Å². The Bertz CT molecular complexity index is 1140. The monoisotopic (exact) mass is 445 g/mol. The van der Waals surface area contributed by atoms with Crippen LogP contribution in [0.4, 0.5) is 39.5 Å². The van der Waals surface area contributed by atoms with Crippen molar-refractivity contribution in [2.24, 2.45) is 0 Å². The van der Waals surface area contributed by atoms with Crippen LogP contribution in [-0.4, -0.2) is 29.1 Å². The van der Waals surface area contributed by atoms with E-state index in [2.05, 4.69) is 20.6 Å². The van der Waals surface area contributed by atoms with Crippen LogP contribution >= 0.6 is 0 Å². The van der Waals surface area contributed by atoms with Crippen molar-refractivity contribution in [1.82, 2.24) is 9.97 Å². The summed E-state index contributed by atoms with van der Waals surface area (Å²) in [6, 6.07) is 8.85. The maximum atomic E-state index is 14.0. The van der Waals surface area contributed by atoms with E-state index < -0.39 is 23.6 Å². The fraction of sp³-hybridized carbons (Fsp3) is 0.227. The predicted molar refractivity (Wildman–Crippen MR) is 113 cm³/mol. The molecule has 10 heteroatoms. The van der Waals surface area contributed by atoms with Crippen LogP contribution in [0.1, 0.15) is 18.4 Å². The summed E-state index contributed by atoms with van der Waals surface area (Å²) >= 11 is 0. The summed E-state index contributed by atoms with van der Waals surface area (Å²) in [5, 5.41) is 5.70. The molecule has 2 aromatic heterocycles. The molecule has 2 amide bonds. The first-order valence-corrected chi connectivity index (χ1v) is 9.93. The Morgan fingerprint density at radius 3 is 2.75 bits per heavy atom. The number of carbonyl (C=O) groups is 1. The second kappa shape index (κ2) is 8.81. The van der Waals surface area contributed by atoms with E-state index in [1.54, 1.807) is 12.1 Å². The van der Waals surface area contributed by atoms with Gasteiger partial charge in [0, 0.05) is 24.8 Å². The van der Waals surface area contributed by atoms with Crippen LogP contribution in [-0.2, 0) is 6.18 Å². The van der Waals surface area contributed by atoms with E-state index in [0.717, 1.165) is 24.8 Å². The summed E-state index contributed by atoms with van der Waals surface area (Å²) in [6.45, 7) is 0.971. The predicted octanol–water partition coefficient (Wildman–Crippen LogP) is 5.55. The van der Waals surface area contributed by atoms with Crippen molar-refractivity contribution in [1.29, 1.82) is 0 Å². The summed E-state index contributed by atoms with van der Waals surface area (Å²) < 4.78 is 53.4. The lowest BCUT2D eigenvalue weighted by molar-refractivity contribution is -0.137. The Morgan fingerprint density at radius 1 is 1.12 bits per heavy atom. The van der Waals surface area contributed by atoms with Gasteiger partial charge in [-0.1, -0.05) is 12.1 Å². The minimum absolute atomic E-state index is 0.0319. The number of halogens is 4. The van der Waals surface area contributed by atoms with E-state index in [4.69, 9.17) is 0 Å². The van der Waals surface area contributed by atoms with Gasteiger partial charge in [-0.15, -0.1) is 0 Å². The van der Waals surface area contributed by atoms with Crippen LogP contribution in [0.5, 0.6) is 0 Å². The fourth-order valence-electron chi connectivity index (χ4n) is 3.39. The highest BCUT2D eigenvalue weighted by Crippen LogP contribution is 2.34. The SMILES string of the molecule is O=C(Nc1ccncc1F)N1CCCCNc2ccc(-c3cccc(C(F)(F)F)c3)nc21. The molecule has 0 bridgehead atoms.